The van der Waals surface area contributed by atoms with Crippen molar-refractivity contribution in [2.45, 2.75) is 33.9 Å². The zero-order valence-electron chi connectivity index (χ0n) is 9.36. The highest BCUT2D eigenvalue weighted by Gasteiger charge is 2.01. The van der Waals surface area contributed by atoms with Crippen molar-refractivity contribution in [1.82, 2.24) is 9.13 Å². The highest BCUT2D eigenvalue weighted by Crippen LogP contribution is 1.88. The van der Waals surface area contributed by atoms with E-state index in [0.717, 1.165) is 5.57 Å². The quantitative estimate of drug-likeness (QED) is 0.695. The van der Waals surface area contributed by atoms with Gasteiger partial charge in [-0.1, -0.05) is 11.6 Å². The van der Waals surface area contributed by atoms with Crippen LogP contribution in [0.3, 0.4) is 0 Å². The Bertz CT molecular complexity index is 476. The summed E-state index contributed by atoms with van der Waals surface area (Å²) in [7, 11) is 0. The van der Waals surface area contributed by atoms with Gasteiger partial charge in [-0.25, -0.2) is 4.79 Å². The number of hydrogen-bond acceptors (Lipinski definition) is 2. The van der Waals surface area contributed by atoms with E-state index in [1.807, 2.05) is 26.8 Å². The minimum absolute atomic E-state index is 0.248. The molecule has 0 aliphatic heterocycles. The SMILES string of the molecule is CCn1ccc(=O)n(CC=C(C)C)c1=O. The minimum Gasteiger partial charge on any atom is -0.301 e. The maximum absolute atomic E-state index is 11.7. The Kier molecular flexibility index (Phi) is 3.66. The monoisotopic (exact) mass is 208 g/mol. The summed E-state index contributed by atoms with van der Waals surface area (Å²) in [5.74, 6) is 0. The largest absolute Gasteiger partial charge is 0.331 e. The molecule has 0 amide bonds. The average molecular weight is 208 g/mol. The van der Waals surface area contributed by atoms with Crippen molar-refractivity contribution in [3.05, 3.63) is 44.8 Å². The fourth-order valence-electron chi connectivity index (χ4n) is 1.24. The van der Waals surface area contributed by atoms with Gasteiger partial charge >= 0.3 is 5.69 Å². The summed E-state index contributed by atoms with van der Waals surface area (Å²) >= 11 is 0. The second-order valence-electron chi connectivity index (χ2n) is 3.61. The van der Waals surface area contributed by atoms with Crippen LogP contribution in [0.5, 0.6) is 0 Å². The summed E-state index contributed by atoms with van der Waals surface area (Å²) in [4.78, 5) is 23.2. The molecule has 0 unspecified atom stereocenters. The van der Waals surface area contributed by atoms with E-state index in [9.17, 15) is 9.59 Å². The summed E-state index contributed by atoms with van der Waals surface area (Å²) in [6.07, 6.45) is 3.40. The molecule has 82 valence electrons. The van der Waals surface area contributed by atoms with Crippen LogP contribution in [0.1, 0.15) is 20.8 Å². The lowest BCUT2D eigenvalue weighted by Gasteiger charge is -2.05. The smallest absolute Gasteiger partial charge is 0.301 e. The van der Waals surface area contributed by atoms with Crippen LogP contribution in [0.4, 0.5) is 0 Å². The van der Waals surface area contributed by atoms with Crippen molar-refractivity contribution in [3.8, 4) is 0 Å². The van der Waals surface area contributed by atoms with Crippen molar-refractivity contribution in [2.75, 3.05) is 0 Å². The fraction of sp³-hybridized carbons (Fsp3) is 0.455. The molecule has 0 N–H and O–H groups in total. The Balaban J connectivity index is 3.22. The van der Waals surface area contributed by atoms with Gasteiger partial charge in [-0.15, -0.1) is 0 Å². The molecule has 0 saturated carbocycles. The van der Waals surface area contributed by atoms with Crippen LogP contribution >= 0.6 is 0 Å². The summed E-state index contributed by atoms with van der Waals surface area (Å²) in [6.45, 7) is 6.67. The topological polar surface area (TPSA) is 44.0 Å². The number of allylic oxidation sites excluding steroid dienone is 2. The number of nitrogens with zero attached hydrogens (tertiary/aromatic N) is 2. The third kappa shape index (κ3) is 2.68. The predicted octanol–water partition coefficient (Wildman–Crippen LogP) is 0.996. The highest BCUT2D eigenvalue weighted by atomic mass is 16.2. The lowest BCUT2D eigenvalue weighted by molar-refractivity contribution is 0.605. The van der Waals surface area contributed by atoms with Crippen LogP contribution < -0.4 is 11.2 Å². The Morgan fingerprint density at radius 1 is 1.40 bits per heavy atom. The first kappa shape index (κ1) is 11.5. The molecule has 0 aliphatic carbocycles. The van der Waals surface area contributed by atoms with E-state index in [-0.39, 0.29) is 11.2 Å². The second kappa shape index (κ2) is 4.77. The molecule has 0 atom stereocenters. The molecular formula is C11H16N2O2. The standard InChI is InChI=1S/C11H16N2O2/c1-4-12-7-6-10(14)13(11(12)15)8-5-9(2)3/h5-7H,4,8H2,1-3H3. The van der Waals surface area contributed by atoms with E-state index < -0.39 is 0 Å². The maximum Gasteiger partial charge on any atom is 0.331 e. The average Bonchev–Trinajstić information content (AvgIpc) is 2.17. The molecule has 15 heavy (non-hydrogen) atoms. The molecule has 0 aromatic carbocycles. The lowest BCUT2D eigenvalue weighted by Crippen LogP contribution is -2.38. The summed E-state index contributed by atoms with van der Waals surface area (Å²) in [6, 6.07) is 1.42. The van der Waals surface area contributed by atoms with Crippen LogP contribution in [0.15, 0.2) is 33.5 Å². The molecule has 0 spiro atoms. The zero-order valence-corrected chi connectivity index (χ0v) is 9.36. The molecule has 0 bridgehead atoms. The first-order valence-electron chi connectivity index (χ1n) is 5.00. The Morgan fingerprint density at radius 2 is 2.07 bits per heavy atom. The Labute approximate surface area is 88.5 Å². The molecule has 1 heterocycles. The van der Waals surface area contributed by atoms with Crippen molar-refractivity contribution < 1.29 is 0 Å². The van der Waals surface area contributed by atoms with E-state index >= 15 is 0 Å². The van der Waals surface area contributed by atoms with Gasteiger partial charge in [0.2, 0.25) is 0 Å². The molecule has 4 heteroatoms. The molecule has 1 aromatic rings. The van der Waals surface area contributed by atoms with Gasteiger partial charge in [0.05, 0.1) is 0 Å². The van der Waals surface area contributed by atoms with Gasteiger partial charge in [-0.05, 0) is 20.8 Å². The molecule has 4 nitrogen and oxygen atoms in total. The van der Waals surface area contributed by atoms with Crippen molar-refractivity contribution in [3.63, 3.8) is 0 Å². The molecule has 0 fully saturated rings. The molecule has 1 aromatic heterocycles. The molecular weight excluding hydrogens is 192 g/mol. The Morgan fingerprint density at radius 3 is 2.60 bits per heavy atom. The van der Waals surface area contributed by atoms with Crippen LogP contribution in [-0.4, -0.2) is 9.13 Å². The number of aryl methyl sites for hydroxylation is 1. The zero-order chi connectivity index (χ0) is 11.4. The summed E-state index contributed by atoms with van der Waals surface area (Å²) in [5, 5.41) is 0. The van der Waals surface area contributed by atoms with Crippen LogP contribution in [0.25, 0.3) is 0 Å². The van der Waals surface area contributed by atoms with E-state index in [1.165, 1.54) is 21.4 Å². The predicted molar refractivity (Wildman–Crippen MR) is 60.1 cm³/mol. The molecule has 0 aliphatic rings. The van der Waals surface area contributed by atoms with E-state index in [1.54, 1.807) is 0 Å². The molecule has 1 rings (SSSR count). The first-order chi connectivity index (χ1) is 7.06. The lowest BCUT2D eigenvalue weighted by atomic mass is 10.3. The second-order valence-corrected chi connectivity index (χ2v) is 3.61. The minimum atomic E-state index is -0.248. The van der Waals surface area contributed by atoms with Gasteiger partial charge in [0.25, 0.3) is 5.56 Å². The number of rotatable bonds is 3. The normalized spacial score (nSPS) is 10.1. The van der Waals surface area contributed by atoms with E-state index in [4.69, 9.17) is 0 Å². The molecule has 0 saturated heterocycles. The van der Waals surface area contributed by atoms with Gasteiger partial charge in [0, 0.05) is 25.4 Å². The maximum atomic E-state index is 11.7. The van der Waals surface area contributed by atoms with Gasteiger partial charge in [0.15, 0.2) is 0 Å². The van der Waals surface area contributed by atoms with Crippen molar-refractivity contribution in [1.29, 1.82) is 0 Å². The fourth-order valence-corrected chi connectivity index (χ4v) is 1.24. The number of hydrogen-bond donors (Lipinski definition) is 0. The van der Waals surface area contributed by atoms with Gasteiger partial charge in [-0.3, -0.25) is 9.36 Å². The highest BCUT2D eigenvalue weighted by molar-refractivity contribution is 4.95. The van der Waals surface area contributed by atoms with E-state index in [2.05, 4.69) is 0 Å². The Hall–Kier alpha value is -1.58. The first-order valence-corrected chi connectivity index (χ1v) is 5.00. The van der Waals surface area contributed by atoms with Crippen LogP contribution in [0.2, 0.25) is 0 Å². The molecule has 0 radical (unpaired) electrons. The summed E-state index contributed by atoms with van der Waals surface area (Å²) < 4.78 is 2.75. The van der Waals surface area contributed by atoms with Gasteiger partial charge in [0.1, 0.15) is 0 Å². The van der Waals surface area contributed by atoms with Crippen molar-refractivity contribution in [2.24, 2.45) is 0 Å². The van der Waals surface area contributed by atoms with Crippen molar-refractivity contribution >= 4 is 0 Å². The van der Waals surface area contributed by atoms with E-state index in [0.29, 0.717) is 13.1 Å². The number of aromatic nitrogens is 2. The summed E-state index contributed by atoms with van der Waals surface area (Å²) in [5.41, 5.74) is 0.595. The van der Waals surface area contributed by atoms with Gasteiger partial charge < -0.3 is 4.57 Å². The third-order valence-corrected chi connectivity index (χ3v) is 2.16. The van der Waals surface area contributed by atoms with Crippen LogP contribution in [-0.2, 0) is 13.1 Å². The third-order valence-electron chi connectivity index (χ3n) is 2.16. The van der Waals surface area contributed by atoms with Gasteiger partial charge in [-0.2, -0.15) is 0 Å². The van der Waals surface area contributed by atoms with Crippen LogP contribution in [0, 0.1) is 0 Å².